The standard InChI is InChI=1S/C14H19Br2NO/c1-8-6-12(16)10(7-11(8)15)14(17-3)13-5-4-9(2)18-13/h6-7,9,13-14,17H,4-5H2,1-3H3. The van der Waals surface area contributed by atoms with Gasteiger partial charge in [0.15, 0.2) is 0 Å². The summed E-state index contributed by atoms with van der Waals surface area (Å²) >= 11 is 7.28. The fourth-order valence-corrected chi connectivity index (χ4v) is 3.59. The van der Waals surface area contributed by atoms with Gasteiger partial charge in [-0.3, -0.25) is 0 Å². The van der Waals surface area contributed by atoms with Gasteiger partial charge in [-0.1, -0.05) is 31.9 Å². The second kappa shape index (κ2) is 6.04. The summed E-state index contributed by atoms with van der Waals surface area (Å²) in [5, 5.41) is 3.39. The van der Waals surface area contributed by atoms with Crippen LogP contribution in [0.25, 0.3) is 0 Å². The number of hydrogen-bond donors (Lipinski definition) is 1. The Hall–Kier alpha value is 0.1000. The van der Waals surface area contributed by atoms with Crippen molar-refractivity contribution in [3.63, 3.8) is 0 Å². The van der Waals surface area contributed by atoms with Gasteiger partial charge >= 0.3 is 0 Å². The van der Waals surface area contributed by atoms with Crippen molar-refractivity contribution in [2.75, 3.05) is 7.05 Å². The van der Waals surface area contributed by atoms with Crippen molar-refractivity contribution in [2.45, 2.75) is 44.9 Å². The van der Waals surface area contributed by atoms with Crippen LogP contribution in [0.15, 0.2) is 21.1 Å². The first-order valence-corrected chi connectivity index (χ1v) is 7.89. The van der Waals surface area contributed by atoms with E-state index in [4.69, 9.17) is 4.74 Å². The highest BCUT2D eigenvalue weighted by atomic mass is 79.9. The van der Waals surface area contributed by atoms with Gasteiger partial charge in [0.1, 0.15) is 0 Å². The van der Waals surface area contributed by atoms with E-state index >= 15 is 0 Å². The molecule has 0 radical (unpaired) electrons. The third-order valence-corrected chi connectivity index (χ3v) is 5.10. The first kappa shape index (κ1) is 14.5. The average Bonchev–Trinajstić information content (AvgIpc) is 2.73. The van der Waals surface area contributed by atoms with Crippen molar-refractivity contribution < 1.29 is 4.74 Å². The Kier molecular flexibility index (Phi) is 4.86. The largest absolute Gasteiger partial charge is 0.373 e. The normalized spacial score (nSPS) is 25.4. The second-order valence-corrected chi connectivity index (χ2v) is 6.66. The molecule has 1 heterocycles. The molecular formula is C14H19Br2NO. The first-order chi connectivity index (χ1) is 8.52. The summed E-state index contributed by atoms with van der Waals surface area (Å²) in [6, 6.07) is 4.58. The third-order valence-electron chi connectivity index (χ3n) is 3.56. The Morgan fingerprint density at radius 2 is 2.00 bits per heavy atom. The number of likely N-dealkylation sites (N-methyl/N-ethyl adjacent to an activating group) is 1. The maximum atomic E-state index is 6.00. The first-order valence-electron chi connectivity index (χ1n) is 6.31. The van der Waals surface area contributed by atoms with E-state index < -0.39 is 0 Å². The SMILES string of the molecule is CNC(c1cc(Br)c(C)cc1Br)C1CCC(C)O1. The van der Waals surface area contributed by atoms with Gasteiger partial charge in [0.05, 0.1) is 18.2 Å². The number of halogens is 2. The van der Waals surface area contributed by atoms with Gasteiger partial charge in [0.25, 0.3) is 0 Å². The molecule has 3 unspecified atom stereocenters. The van der Waals surface area contributed by atoms with Crippen molar-refractivity contribution in [3.05, 3.63) is 32.2 Å². The lowest BCUT2D eigenvalue weighted by atomic mass is 9.98. The highest BCUT2D eigenvalue weighted by Gasteiger charge is 2.31. The molecule has 3 atom stereocenters. The molecule has 100 valence electrons. The Balaban J connectivity index is 2.30. The van der Waals surface area contributed by atoms with Crippen LogP contribution >= 0.6 is 31.9 Å². The lowest BCUT2D eigenvalue weighted by molar-refractivity contribution is 0.0331. The van der Waals surface area contributed by atoms with Gasteiger partial charge < -0.3 is 10.1 Å². The third kappa shape index (κ3) is 2.98. The predicted molar refractivity (Wildman–Crippen MR) is 81.9 cm³/mol. The lowest BCUT2D eigenvalue weighted by Gasteiger charge is -2.25. The van der Waals surface area contributed by atoms with Crippen molar-refractivity contribution in [3.8, 4) is 0 Å². The van der Waals surface area contributed by atoms with Crippen molar-refractivity contribution >= 4 is 31.9 Å². The minimum Gasteiger partial charge on any atom is -0.373 e. The molecule has 1 saturated heterocycles. The summed E-state index contributed by atoms with van der Waals surface area (Å²) in [5.74, 6) is 0. The molecule has 0 bridgehead atoms. The molecule has 4 heteroatoms. The molecule has 1 aromatic rings. The van der Waals surface area contributed by atoms with Gasteiger partial charge in [-0.25, -0.2) is 0 Å². The Morgan fingerprint density at radius 1 is 1.28 bits per heavy atom. The van der Waals surface area contributed by atoms with Crippen LogP contribution in [-0.4, -0.2) is 19.3 Å². The van der Waals surface area contributed by atoms with Crippen LogP contribution in [0.3, 0.4) is 0 Å². The number of benzene rings is 1. The maximum absolute atomic E-state index is 6.00. The second-order valence-electron chi connectivity index (χ2n) is 4.95. The van der Waals surface area contributed by atoms with E-state index in [0.717, 1.165) is 21.8 Å². The number of nitrogens with one attached hydrogen (secondary N) is 1. The quantitative estimate of drug-likeness (QED) is 0.846. The minimum atomic E-state index is 0.237. The highest BCUT2D eigenvalue weighted by molar-refractivity contribution is 9.11. The molecule has 0 amide bonds. The minimum absolute atomic E-state index is 0.237. The van der Waals surface area contributed by atoms with Crippen LogP contribution in [0.4, 0.5) is 0 Å². The highest BCUT2D eigenvalue weighted by Crippen LogP contribution is 2.35. The molecule has 1 aliphatic rings. The average molecular weight is 377 g/mol. The molecule has 0 aromatic heterocycles. The molecule has 0 aliphatic carbocycles. The summed E-state index contributed by atoms with van der Waals surface area (Å²) < 4.78 is 8.28. The van der Waals surface area contributed by atoms with Gasteiger partial charge in [-0.05, 0) is 57.0 Å². The molecule has 0 spiro atoms. The molecule has 1 aliphatic heterocycles. The van der Waals surface area contributed by atoms with E-state index in [0.29, 0.717) is 6.10 Å². The number of aryl methyl sites for hydroxylation is 1. The summed E-state index contributed by atoms with van der Waals surface area (Å²) in [4.78, 5) is 0. The smallest absolute Gasteiger partial charge is 0.0774 e. The van der Waals surface area contributed by atoms with Crippen LogP contribution in [0.2, 0.25) is 0 Å². The Labute approximate surface area is 126 Å². The molecule has 1 N–H and O–H groups in total. The monoisotopic (exact) mass is 375 g/mol. The zero-order chi connectivity index (χ0) is 13.3. The van der Waals surface area contributed by atoms with Crippen LogP contribution < -0.4 is 5.32 Å². The summed E-state index contributed by atoms with van der Waals surface area (Å²) in [7, 11) is 2.00. The van der Waals surface area contributed by atoms with Crippen LogP contribution in [-0.2, 0) is 4.74 Å². The molecule has 18 heavy (non-hydrogen) atoms. The van der Waals surface area contributed by atoms with E-state index in [2.05, 4.69) is 63.2 Å². The van der Waals surface area contributed by atoms with Crippen molar-refractivity contribution in [1.82, 2.24) is 5.32 Å². The van der Waals surface area contributed by atoms with Gasteiger partial charge in [0.2, 0.25) is 0 Å². The summed E-state index contributed by atoms with van der Waals surface area (Å²) in [6.07, 6.45) is 2.90. The van der Waals surface area contributed by atoms with E-state index in [1.807, 2.05) is 7.05 Å². The zero-order valence-corrected chi connectivity index (χ0v) is 14.1. The Morgan fingerprint density at radius 3 is 2.56 bits per heavy atom. The van der Waals surface area contributed by atoms with Crippen LogP contribution in [0, 0.1) is 6.92 Å². The molecular weight excluding hydrogens is 358 g/mol. The fraction of sp³-hybridized carbons (Fsp3) is 0.571. The summed E-state index contributed by atoms with van der Waals surface area (Å²) in [6.45, 7) is 4.24. The van der Waals surface area contributed by atoms with Gasteiger partial charge in [-0.15, -0.1) is 0 Å². The van der Waals surface area contributed by atoms with Crippen LogP contribution in [0.5, 0.6) is 0 Å². The number of ether oxygens (including phenoxy) is 1. The summed E-state index contributed by atoms with van der Waals surface area (Å²) in [5.41, 5.74) is 2.50. The Bertz CT molecular complexity index is 436. The van der Waals surface area contributed by atoms with Gasteiger partial charge in [-0.2, -0.15) is 0 Å². The lowest BCUT2D eigenvalue weighted by Crippen LogP contribution is -2.30. The molecule has 2 rings (SSSR count). The molecule has 0 saturated carbocycles. The number of hydrogen-bond acceptors (Lipinski definition) is 2. The fourth-order valence-electron chi connectivity index (χ4n) is 2.52. The van der Waals surface area contributed by atoms with E-state index in [1.54, 1.807) is 0 Å². The van der Waals surface area contributed by atoms with Gasteiger partial charge in [0, 0.05) is 8.95 Å². The molecule has 1 fully saturated rings. The zero-order valence-electron chi connectivity index (χ0n) is 11.0. The maximum Gasteiger partial charge on any atom is 0.0774 e. The predicted octanol–water partition coefficient (Wildman–Crippen LogP) is 4.35. The van der Waals surface area contributed by atoms with Crippen molar-refractivity contribution in [2.24, 2.45) is 0 Å². The topological polar surface area (TPSA) is 21.3 Å². The van der Waals surface area contributed by atoms with E-state index in [-0.39, 0.29) is 12.1 Å². The van der Waals surface area contributed by atoms with Crippen molar-refractivity contribution in [1.29, 1.82) is 0 Å². The molecule has 1 aromatic carbocycles. The molecule has 2 nitrogen and oxygen atoms in total. The van der Waals surface area contributed by atoms with Crippen LogP contribution in [0.1, 0.15) is 36.9 Å². The van der Waals surface area contributed by atoms with E-state index in [1.165, 1.54) is 11.1 Å². The number of rotatable bonds is 3. The van der Waals surface area contributed by atoms with E-state index in [9.17, 15) is 0 Å².